The number of fused-ring (bicyclic) bond motifs is 13. The summed E-state index contributed by atoms with van der Waals surface area (Å²) in [5.74, 6) is 0. The van der Waals surface area contributed by atoms with E-state index in [0.717, 1.165) is 25.7 Å². The topological polar surface area (TPSA) is 3.24 Å². The van der Waals surface area contributed by atoms with Gasteiger partial charge in [-0.15, -0.1) is 0 Å². The van der Waals surface area contributed by atoms with Crippen LogP contribution in [0.1, 0.15) is 72.9 Å². The van der Waals surface area contributed by atoms with Crippen molar-refractivity contribution < 1.29 is 0 Å². The molecule has 12 rings (SSSR count). The van der Waals surface area contributed by atoms with Crippen molar-refractivity contribution in [3.8, 4) is 44.5 Å². The van der Waals surface area contributed by atoms with E-state index < -0.39 is 0 Å². The van der Waals surface area contributed by atoms with Gasteiger partial charge in [-0.25, -0.2) is 0 Å². The predicted molar refractivity (Wildman–Crippen MR) is 241 cm³/mol. The molecule has 4 aliphatic carbocycles. The second-order valence-corrected chi connectivity index (χ2v) is 17.7. The Kier molecular flexibility index (Phi) is 7.13. The maximum atomic E-state index is 2.57. The molecule has 0 heterocycles. The average Bonchev–Trinajstić information content (AvgIpc) is 3.81. The smallest absolute Gasteiger partial charge is 0.0465 e. The molecule has 2 spiro atoms. The van der Waals surface area contributed by atoms with Gasteiger partial charge in [-0.05, 0) is 140 Å². The summed E-state index contributed by atoms with van der Waals surface area (Å²) < 4.78 is 0. The minimum absolute atomic E-state index is 0.0379. The maximum absolute atomic E-state index is 2.57. The normalized spacial score (nSPS) is 19.9. The lowest BCUT2D eigenvalue weighted by atomic mass is 9.57. The van der Waals surface area contributed by atoms with Crippen LogP contribution in [0.15, 0.2) is 188 Å². The van der Waals surface area contributed by atoms with Crippen LogP contribution in [0.4, 0.5) is 17.1 Å². The Morgan fingerprint density at radius 2 is 0.776 bits per heavy atom. The van der Waals surface area contributed by atoms with Crippen LogP contribution in [0.2, 0.25) is 0 Å². The van der Waals surface area contributed by atoms with Gasteiger partial charge in [0.25, 0.3) is 0 Å². The molecule has 0 atom stereocenters. The first kappa shape index (κ1) is 33.7. The molecule has 1 nitrogen and oxygen atoms in total. The van der Waals surface area contributed by atoms with Crippen LogP contribution in [-0.2, 0) is 16.2 Å². The fourth-order valence-electron chi connectivity index (χ4n) is 12.0. The van der Waals surface area contributed by atoms with Crippen LogP contribution in [0.3, 0.4) is 0 Å². The van der Waals surface area contributed by atoms with Crippen LogP contribution in [-0.4, -0.2) is 0 Å². The van der Waals surface area contributed by atoms with E-state index in [2.05, 4.69) is 207 Å². The number of hydrogen-bond donors (Lipinski definition) is 0. The third kappa shape index (κ3) is 4.53. The molecule has 1 heteroatoms. The molecule has 4 aliphatic rings. The first-order chi connectivity index (χ1) is 28.5. The van der Waals surface area contributed by atoms with E-state index in [-0.39, 0.29) is 16.2 Å². The van der Waals surface area contributed by atoms with Crippen molar-refractivity contribution in [1.29, 1.82) is 0 Å². The zero-order chi connectivity index (χ0) is 38.6. The molecular formula is C57H45N. The highest BCUT2D eigenvalue weighted by molar-refractivity contribution is 5.91. The molecule has 278 valence electrons. The second kappa shape index (κ2) is 12.3. The van der Waals surface area contributed by atoms with E-state index in [9.17, 15) is 0 Å². The molecule has 0 saturated heterocycles. The number of nitrogens with zero attached hydrogens (tertiary/aromatic N) is 1. The number of benzene rings is 8. The highest BCUT2D eigenvalue weighted by atomic mass is 15.1. The summed E-state index contributed by atoms with van der Waals surface area (Å²) in [6.45, 7) is 4.76. The summed E-state index contributed by atoms with van der Waals surface area (Å²) in [5, 5.41) is 0. The molecule has 0 radical (unpaired) electrons. The lowest BCUT2D eigenvalue weighted by molar-refractivity contribution is 0.265. The molecule has 0 unspecified atom stereocenters. The van der Waals surface area contributed by atoms with Gasteiger partial charge in [0.1, 0.15) is 0 Å². The Morgan fingerprint density at radius 3 is 1.45 bits per heavy atom. The maximum Gasteiger partial charge on any atom is 0.0465 e. The van der Waals surface area contributed by atoms with Gasteiger partial charge in [-0.2, -0.15) is 0 Å². The Morgan fingerprint density at radius 1 is 0.328 bits per heavy atom. The molecule has 1 saturated carbocycles. The van der Waals surface area contributed by atoms with Gasteiger partial charge in [-0.3, -0.25) is 0 Å². The SMILES string of the molecule is CC1(C)c2ccccc2-c2ccc(N(c3ccccc3)c3ccc4c(c3)C3(CCC5(CC3)c3ccccc3-c3cccc(-c6ccccc6)c35)c3ccccc3-4)cc21. The summed E-state index contributed by atoms with van der Waals surface area (Å²) in [7, 11) is 0. The Balaban J connectivity index is 1.00. The van der Waals surface area contributed by atoms with E-state index >= 15 is 0 Å². The number of para-hydroxylation sites is 1. The second-order valence-electron chi connectivity index (χ2n) is 17.7. The average molecular weight is 744 g/mol. The predicted octanol–water partition coefficient (Wildman–Crippen LogP) is 14.9. The summed E-state index contributed by atoms with van der Waals surface area (Å²) in [6.07, 6.45) is 4.38. The lowest BCUT2D eigenvalue weighted by Crippen LogP contribution is -2.39. The quantitative estimate of drug-likeness (QED) is 0.173. The Bertz CT molecular complexity index is 2930. The summed E-state index contributed by atoms with van der Waals surface area (Å²) in [4.78, 5) is 2.50. The number of rotatable bonds is 4. The third-order valence-corrected chi connectivity index (χ3v) is 14.7. The molecule has 0 amide bonds. The van der Waals surface area contributed by atoms with Crippen LogP contribution in [0.25, 0.3) is 44.5 Å². The molecule has 0 aliphatic heterocycles. The molecular weight excluding hydrogens is 699 g/mol. The zero-order valence-electron chi connectivity index (χ0n) is 33.2. The Labute approximate surface area is 342 Å². The largest absolute Gasteiger partial charge is 0.310 e. The van der Waals surface area contributed by atoms with E-state index in [1.165, 1.54) is 95.0 Å². The highest BCUT2D eigenvalue weighted by Crippen LogP contribution is 2.65. The third-order valence-electron chi connectivity index (χ3n) is 14.7. The minimum Gasteiger partial charge on any atom is -0.310 e. The fraction of sp³-hybridized carbons (Fsp3) is 0.158. The van der Waals surface area contributed by atoms with Gasteiger partial charge in [-0.1, -0.05) is 166 Å². The van der Waals surface area contributed by atoms with E-state index in [0.29, 0.717) is 0 Å². The van der Waals surface area contributed by atoms with Crippen molar-refractivity contribution in [2.75, 3.05) is 4.90 Å². The van der Waals surface area contributed by atoms with E-state index in [1.54, 1.807) is 0 Å². The van der Waals surface area contributed by atoms with Crippen molar-refractivity contribution in [2.45, 2.75) is 55.8 Å². The molecule has 1 fully saturated rings. The van der Waals surface area contributed by atoms with Gasteiger partial charge >= 0.3 is 0 Å². The van der Waals surface area contributed by atoms with Crippen LogP contribution >= 0.6 is 0 Å². The van der Waals surface area contributed by atoms with E-state index in [4.69, 9.17) is 0 Å². The van der Waals surface area contributed by atoms with Gasteiger partial charge < -0.3 is 4.90 Å². The first-order valence-corrected chi connectivity index (χ1v) is 21.1. The van der Waals surface area contributed by atoms with Gasteiger partial charge in [0.05, 0.1) is 0 Å². The van der Waals surface area contributed by atoms with Crippen molar-refractivity contribution in [1.82, 2.24) is 0 Å². The van der Waals surface area contributed by atoms with Gasteiger partial charge in [0, 0.05) is 33.3 Å². The molecule has 8 aromatic carbocycles. The molecule has 0 aromatic heterocycles. The highest BCUT2D eigenvalue weighted by Gasteiger charge is 2.54. The monoisotopic (exact) mass is 743 g/mol. The standard InChI is InChI=1S/C57H45N/c1-55(2)49-25-12-9-20-43(49)46-30-28-40(36-52(46)55)58(39-18-7-4-8-19-39)41-29-31-47-44-21-10-13-26-50(44)56(53(47)37-41)32-34-57(35-33-56)51-27-14-11-22-45(51)48-24-15-23-42(54(48)57)38-16-5-3-6-17-38/h3-31,36-37H,32-35H2,1-2H3. The van der Waals surface area contributed by atoms with Crippen LogP contribution in [0.5, 0.6) is 0 Å². The molecule has 0 N–H and O–H groups in total. The number of anilines is 3. The van der Waals surface area contributed by atoms with Crippen molar-refractivity contribution in [3.63, 3.8) is 0 Å². The molecule has 0 bridgehead atoms. The minimum atomic E-state index is -0.0795. The fourth-order valence-corrected chi connectivity index (χ4v) is 12.0. The zero-order valence-corrected chi connectivity index (χ0v) is 33.2. The molecule has 58 heavy (non-hydrogen) atoms. The number of hydrogen-bond acceptors (Lipinski definition) is 1. The first-order valence-electron chi connectivity index (χ1n) is 21.1. The van der Waals surface area contributed by atoms with Gasteiger partial charge in [0.2, 0.25) is 0 Å². The summed E-state index contributed by atoms with van der Waals surface area (Å²) in [6, 6.07) is 71.2. The van der Waals surface area contributed by atoms with Crippen molar-refractivity contribution >= 4 is 17.1 Å². The van der Waals surface area contributed by atoms with Crippen molar-refractivity contribution in [3.05, 3.63) is 221 Å². The lowest BCUT2D eigenvalue weighted by Gasteiger charge is -2.46. The summed E-state index contributed by atoms with van der Waals surface area (Å²) in [5.41, 5.74) is 23.3. The van der Waals surface area contributed by atoms with Crippen LogP contribution in [0, 0.1) is 0 Å². The Hall–Kier alpha value is -6.44. The van der Waals surface area contributed by atoms with Gasteiger partial charge in [0.15, 0.2) is 0 Å². The summed E-state index contributed by atoms with van der Waals surface area (Å²) >= 11 is 0. The van der Waals surface area contributed by atoms with Crippen LogP contribution < -0.4 is 4.90 Å². The molecule has 8 aromatic rings. The van der Waals surface area contributed by atoms with E-state index in [1.807, 2.05) is 0 Å². The van der Waals surface area contributed by atoms with Crippen molar-refractivity contribution in [2.24, 2.45) is 0 Å².